The highest BCUT2D eigenvalue weighted by atomic mass is 16.1. The molecule has 0 radical (unpaired) electrons. The molecule has 108 valence electrons. The fraction of sp³-hybridized carbons (Fsp3) is 0.375. The first-order valence-electron chi connectivity index (χ1n) is 6.35. The van der Waals surface area contributed by atoms with E-state index in [9.17, 15) is 19.2 Å². The van der Waals surface area contributed by atoms with Crippen molar-refractivity contribution in [2.24, 2.45) is 0 Å². The third-order valence-corrected chi connectivity index (χ3v) is 2.51. The first kappa shape index (κ1) is 17.9. The minimum Gasteiger partial charge on any atom is -0.300 e. The summed E-state index contributed by atoms with van der Waals surface area (Å²) < 4.78 is 0. The number of carbonyl (C=O) groups excluding carboxylic acids is 4. The molecule has 0 saturated carbocycles. The Labute approximate surface area is 119 Å². The molecule has 1 rings (SSSR count). The predicted octanol–water partition coefficient (Wildman–Crippen LogP) is 3.04. The lowest BCUT2D eigenvalue weighted by Crippen LogP contribution is -2.02. The lowest BCUT2D eigenvalue weighted by molar-refractivity contribution is -0.122. The van der Waals surface area contributed by atoms with Crippen LogP contribution in [0.4, 0.5) is 0 Å². The number of ketones is 4. The first-order chi connectivity index (χ1) is 9.25. The Morgan fingerprint density at radius 1 is 0.700 bits per heavy atom. The normalized spacial score (nSPS) is 9.20. The van der Waals surface area contributed by atoms with Crippen LogP contribution in [0.1, 0.15) is 61.3 Å². The summed E-state index contributed by atoms with van der Waals surface area (Å²) >= 11 is 0. The van der Waals surface area contributed by atoms with E-state index in [1.54, 1.807) is 24.3 Å². The van der Waals surface area contributed by atoms with Crippen molar-refractivity contribution in [1.82, 2.24) is 0 Å². The van der Waals surface area contributed by atoms with Crippen molar-refractivity contribution in [3.63, 3.8) is 0 Å². The molecule has 0 bridgehead atoms. The Kier molecular flexibility index (Phi) is 7.97. The number of carbonyl (C=O) groups is 4. The lowest BCUT2D eigenvalue weighted by atomic mass is 10.0. The minimum absolute atomic E-state index is 0.0687. The summed E-state index contributed by atoms with van der Waals surface area (Å²) in [6.07, 6.45) is 0.796. The first-order valence-corrected chi connectivity index (χ1v) is 6.35. The molecule has 4 nitrogen and oxygen atoms in total. The van der Waals surface area contributed by atoms with Gasteiger partial charge in [0.2, 0.25) is 0 Å². The molecule has 0 aliphatic rings. The Balaban J connectivity index is 0.000000396. The van der Waals surface area contributed by atoms with E-state index in [4.69, 9.17) is 0 Å². The largest absolute Gasteiger partial charge is 0.300 e. The fourth-order valence-corrected chi connectivity index (χ4v) is 1.45. The van der Waals surface area contributed by atoms with E-state index in [1.807, 2.05) is 0 Å². The maximum atomic E-state index is 11.0. The molecule has 0 heterocycles. The summed E-state index contributed by atoms with van der Waals surface area (Å²) in [5.41, 5.74) is 1.01. The third kappa shape index (κ3) is 7.36. The van der Waals surface area contributed by atoms with Gasteiger partial charge in [0, 0.05) is 24.0 Å². The molecule has 1 aromatic rings. The lowest BCUT2D eigenvalue weighted by Gasteiger charge is -2.00. The zero-order valence-electron chi connectivity index (χ0n) is 12.4. The van der Waals surface area contributed by atoms with E-state index in [2.05, 4.69) is 0 Å². The average Bonchev–Trinajstić information content (AvgIpc) is 2.37. The van der Waals surface area contributed by atoms with E-state index in [0.717, 1.165) is 0 Å². The Hall–Kier alpha value is -2.10. The second-order valence-corrected chi connectivity index (χ2v) is 4.56. The highest BCUT2D eigenvalue weighted by Crippen LogP contribution is 2.09. The van der Waals surface area contributed by atoms with Crippen LogP contribution in [0.15, 0.2) is 24.3 Å². The molecular weight excluding hydrogens is 256 g/mol. The van der Waals surface area contributed by atoms with Crippen molar-refractivity contribution in [3.05, 3.63) is 35.4 Å². The highest BCUT2D eigenvalue weighted by Gasteiger charge is 2.08. The van der Waals surface area contributed by atoms with Gasteiger partial charge in [-0.3, -0.25) is 9.59 Å². The van der Waals surface area contributed by atoms with E-state index in [1.165, 1.54) is 27.7 Å². The molecule has 1 aromatic carbocycles. The van der Waals surface area contributed by atoms with Gasteiger partial charge < -0.3 is 9.59 Å². The van der Waals surface area contributed by atoms with E-state index >= 15 is 0 Å². The van der Waals surface area contributed by atoms with Crippen LogP contribution in [0.25, 0.3) is 0 Å². The van der Waals surface area contributed by atoms with Gasteiger partial charge in [0.1, 0.15) is 11.6 Å². The van der Waals surface area contributed by atoms with Gasteiger partial charge in [-0.2, -0.15) is 0 Å². The number of hydrogen-bond donors (Lipinski definition) is 0. The van der Waals surface area contributed by atoms with Gasteiger partial charge in [0.25, 0.3) is 0 Å². The minimum atomic E-state index is -0.0687. The van der Waals surface area contributed by atoms with Crippen LogP contribution in [0.2, 0.25) is 0 Å². The molecule has 0 unspecified atom stereocenters. The summed E-state index contributed by atoms with van der Waals surface area (Å²) in [6, 6.07) is 6.84. The smallest absolute Gasteiger partial charge is 0.160 e. The highest BCUT2D eigenvalue weighted by molar-refractivity contribution is 6.07. The van der Waals surface area contributed by atoms with Gasteiger partial charge in [0.15, 0.2) is 11.6 Å². The predicted molar refractivity (Wildman–Crippen MR) is 77.0 cm³/mol. The van der Waals surface area contributed by atoms with Crippen LogP contribution in [0.3, 0.4) is 0 Å². The van der Waals surface area contributed by atoms with Gasteiger partial charge in [-0.15, -0.1) is 0 Å². The molecule has 0 saturated heterocycles. The second kappa shape index (κ2) is 8.91. The summed E-state index contributed by atoms with van der Waals surface area (Å²) in [6.45, 7) is 5.90. The van der Waals surface area contributed by atoms with Gasteiger partial charge in [-0.1, -0.05) is 24.3 Å². The molecule has 20 heavy (non-hydrogen) atoms. The molecule has 0 fully saturated rings. The van der Waals surface area contributed by atoms with Crippen LogP contribution >= 0.6 is 0 Å². The van der Waals surface area contributed by atoms with Crippen molar-refractivity contribution in [1.29, 1.82) is 0 Å². The van der Waals surface area contributed by atoms with Crippen LogP contribution in [-0.2, 0) is 9.59 Å². The van der Waals surface area contributed by atoms with E-state index < -0.39 is 0 Å². The van der Waals surface area contributed by atoms with Crippen molar-refractivity contribution in [2.75, 3.05) is 0 Å². The molecule has 0 N–H and O–H groups in total. The van der Waals surface area contributed by atoms with Crippen LogP contribution in [-0.4, -0.2) is 23.1 Å². The summed E-state index contributed by atoms with van der Waals surface area (Å²) in [5, 5.41) is 0. The molecule has 0 aromatic heterocycles. The van der Waals surface area contributed by atoms with Crippen molar-refractivity contribution in [3.8, 4) is 0 Å². The quantitative estimate of drug-likeness (QED) is 0.775. The Morgan fingerprint density at radius 2 is 1.00 bits per heavy atom. The van der Waals surface area contributed by atoms with E-state index in [0.29, 0.717) is 24.0 Å². The van der Waals surface area contributed by atoms with Crippen LogP contribution < -0.4 is 0 Å². The average molecular weight is 276 g/mol. The Morgan fingerprint density at radius 3 is 1.20 bits per heavy atom. The molecule has 0 aliphatic carbocycles. The standard InChI is InChI=1S/C10H10O2.C6H10O2/c1-7(11)9-5-3-4-6-10(9)8(2)12;1-5(7)3-4-6(2)8/h3-6H,1-2H3;3-4H2,1-2H3. The molecule has 0 aliphatic heterocycles. The summed E-state index contributed by atoms with van der Waals surface area (Å²) in [5.74, 6) is 0.0296. The zero-order chi connectivity index (χ0) is 15.7. The Bertz CT molecular complexity index is 468. The molecule has 0 spiro atoms. The number of hydrogen-bond acceptors (Lipinski definition) is 4. The second-order valence-electron chi connectivity index (χ2n) is 4.56. The number of rotatable bonds is 5. The van der Waals surface area contributed by atoms with Gasteiger partial charge in [-0.05, 0) is 27.7 Å². The number of Topliss-reactive ketones (excluding diaryl/α,β-unsaturated/α-hetero) is 4. The zero-order valence-corrected chi connectivity index (χ0v) is 12.4. The number of benzene rings is 1. The van der Waals surface area contributed by atoms with E-state index in [-0.39, 0.29) is 23.1 Å². The SMILES string of the molecule is CC(=O)CCC(C)=O.CC(=O)c1ccccc1C(C)=O. The molecular formula is C16H20O4. The maximum Gasteiger partial charge on any atom is 0.160 e. The monoisotopic (exact) mass is 276 g/mol. The third-order valence-electron chi connectivity index (χ3n) is 2.51. The molecule has 0 atom stereocenters. The van der Waals surface area contributed by atoms with Gasteiger partial charge in [-0.25, -0.2) is 0 Å². The molecule has 0 amide bonds. The maximum absolute atomic E-state index is 11.0. The molecule has 4 heteroatoms. The summed E-state index contributed by atoms with van der Waals surface area (Å²) in [7, 11) is 0. The topological polar surface area (TPSA) is 68.3 Å². The van der Waals surface area contributed by atoms with Gasteiger partial charge >= 0.3 is 0 Å². The van der Waals surface area contributed by atoms with Crippen LogP contribution in [0.5, 0.6) is 0 Å². The van der Waals surface area contributed by atoms with Gasteiger partial charge in [0.05, 0.1) is 0 Å². The van der Waals surface area contributed by atoms with Crippen molar-refractivity contribution < 1.29 is 19.2 Å². The van der Waals surface area contributed by atoms with Crippen molar-refractivity contribution in [2.45, 2.75) is 40.5 Å². The van der Waals surface area contributed by atoms with Crippen LogP contribution in [0, 0.1) is 0 Å². The fourth-order valence-electron chi connectivity index (χ4n) is 1.45. The summed E-state index contributed by atoms with van der Waals surface area (Å²) in [4.78, 5) is 42.4. The van der Waals surface area contributed by atoms with Crippen molar-refractivity contribution >= 4 is 23.1 Å².